The third-order valence-corrected chi connectivity index (χ3v) is 3.36. The second-order valence-electron chi connectivity index (χ2n) is 4.80. The second kappa shape index (κ2) is 9.31. The molecular weight excluding hydrogens is 300 g/mol. The van der Waals surface area contributed by atoms with Crippen molar-refractivity contribution in [1.29, 1.82) is 0 Å². The average Bonchev–Trinajstić information content (AvgIpc) is 2.29. The predicted octanol–water partition coefficient (Wildman–Crippen LogP) is 2.29. The Labute approximate surface area is 123 Å². The van der Waals surface area contributed by atoms with Crippen LogP contribution in [0.5, 0.6) is 0 Å². The molecule has 0 amide bonds. The molecule has 7 heteroatoms. The Morgan fingerprint density at radius 3 is 2.16 bits per heavy atom. The first-order valence-electron chi connectivity index (χ1n) is 6.32. The van der Waals surface area contributed by atoms with Crippen LogP contribution in [0, 0.1) is 5.92 Å². The van der Waals surface area contributed by atoms with Gasteiger partial charge in [-0.15, -0.1) is 6.54 Å². The maximum atomic E-state index is 9.43. The van der Waals surface area contributed by atoms with Crippen molar-refractivity contribution in [3.63, 3.8) is 0 Å². The molecule has 1 aliphatic heterocycles. The molecule has 1 heterocycles. The van der Waals surface area contributed by atoms with Crippen molar-refractivity contribution < 1.29 is 36.9 Å². The van der Waals surface area contributed by atoms with Crippen molar-refractivity contribution in [3.8, 4) is 0 Å². The number of rotatable bonds is 2. The summed E-state index contributed by atoms with van der Waals surface area (Å²) >= 11 is 0. The molecule has 2 fully saturated rings. The molecule has 2 aliphatic rings. The largest absolute Gasteiger partial charge is 2.00 e. The second-order valence-corrected chi connectivity index (χ2v) is 4.80. The number of aliphatic carboxylic acids is 2. The smallest absolute Gasteiger partial charge is 0.676 e. The van der Waals surface area contributed by atoms with Gasteiger partial charge < -0.3 is 21.3 Å². The summed E-state index contributed by atoms with van der Waals surface area (Å²) in [5.41, 5.74) is 7.80. The van der Waals surface area contributed by atoms with E-state index < -0.39 is 18.4 Å². The van der Waals surface area contributed by atoms with E-state index in [1.165, 1.54) is 25.7 Å². The molecule has 3 atom stereocenters. The summed E-state index contributed by atoms with van der Waals surface area (Å²) in [4.78, 5) is 18.9. The van der Waals surface area contributed by atoms with Crippen molar-refractivity contribution in [2.45, 2.75) is 50.6 Å². The molecule has 1 radical (unpaired) electrons. The van der Waals surface area contributed by atoms with Gasteiger partial charge in [0.1, 0.15) is 6.42 Å². The Morgan fingerprint density at radius 1 is 1.11 bits per heavy atom. The first-order valence-corrected chi connectivity index (χ1v) is 6.32. The van der Waals surface area contributed by atoms with Gasteiger partial charge in [0.05, 0.1) is 0 Å². The van der Waals surface area contributed by atoms with Crippen LogP contribution in [0.4, 0.5) is 0 Å². The third-order valence-electron chi connectivity index (χ3n) is 3.36. The Kier molecular flexibility index (Phi) is 9.01. The summed E-state index contributed by atoms with van der Waals surface area (Å²) in [6.45, 7) is 1.02. The standard InChI is InChI=1S/C9H16N2.C3H4O4.Cu/c10-8-5-1-3-7-4-2-6-11-9(7)8;4-2(5)1-3(6)7;/h7-10H,1-6H2;1H2,(H,4,5)(H,6,7);/q-2;;+2. The van der Waals surface area contributed by atoms with E-state index in [2.05, 4.69) is 5.32 Å². The number of carboxylic acid groups (broad SMARTS) is 2. The van der Waals surface area contributed by atoms with Crippen LogP contribution in [0.25, 0.3) is 11.1 Å². The number of hydrogen-bond acceptors (Lipinski definition) is 2. The zero-order valence-corrected chi connectivity index (χ0v) is 11.6. The van der Waals surface area contributed by atoms with Gasteiger partial charge in [0.15, 0.2) is 0 Å². The summed E-state index contributed by atoms with van der Waals surface area (Å²) < 4.78 is 0. The van der Waals surface area contributed by atoms with Crippen LogP contribution in [0.3, 0.4) is 0 Å². The van der Waals surface area contributed by atoms with Crippen molar-refractivity contribution in [3.05, 3.63) is 11.1 Å². The van der Waals surface area contributed by atoms with Gasteiger partial charge in [0.2, 0.25) is 0 Å². The molecule has 113 valence electrons. The fourth-order valence-corrected chi connectivity index (χ4v) is 2.58. The molecule has 1 saturated carbocycles. The van der Waals surface area contributed by atoms with E-state index in [0.29, 0.717) is 6.04 Å². The van der Waals surface area contributed by atoms with Crippen LogP contribution in [0.2, 0.25) is 0 Å². The molecule has 0 aromatic heterocycles. The third kappa shape index (κ3) is 6.92. The minimum Gasteiger partial charge on any atom is -0.676 e. The first kappa shape index (κ1) is 18.4. The van der Waals surface area contributed by atoms with Crippen LogP contribution >= 0.6 is 0 Å². The normalized spacial score (nSPS) is 29.0. The van der Waals surface area contributed by atoms with Gasteiger partial charge in [-0.1, -0.05) is 38.0 Å². The first-order chi connectivity index (χ1) is 8.50. The molecule has 3 unspecified atom stereocenters. The Morgan fingerprint density at radius 2 is 1.68 bits per heavy atom. The van der Waals surface area contributed by atoms with Crippen LogP contribution in [0.1, 0.15) is 38.5 Å². The number of carbonyl (C=O) groups is 2. The minimum absolute atomic E-state index is 0. The van der Waals surface area contributed by atoms with E-state index in [1.807, 2.05) is 0 Å². The monoisotopic (exact) mass is 319 g/mol. The van der Waals surface area contributed by atoms with Gasteiger partial charge in [-0.3, -0.25) is 9.59 Å². The molecule has 19 heavy (non-hydrogen) atoms. The minimum atomic E-state index is -1.31. The van der Waals surface area contributed by atoms with E-state index in [0.717, 1.165) is 18.9 Å². The Bertz CT molecular complexity index is 287. The van der Waals surface area contributed by atoms with Gasteiger partial charge in [0, 0.05) is 0 Å². The predicted molar refractivity (Wildman–Crippen MR) is 66.6 cm³/mol. The SMILES string of the molecule is O=C(O)CC(=O)O.[Cu+2].[NH-]C1CCCC2CCC[N-]C12. The molecule has 0 bridgehead atoms. The number of nitrogens with zero attached hydrogens (tertiary/aromatic N) is 1. The maximum absolute atomic E-state index is 9.43. The quantitative estimate of drug-likeness (QED) is 0.600. The van der Waals surface area contributed by atoms with E-state index >= 15 is 0 Å². The number of hydrogen-bond donors (Lipinski definition) is 2. The van der Waals surface area contributed by atoms with Gasteiger partial charge in [-0.2, -0.15) is 12.1 Å². The molecule has 2 rings (SSSR count). The van der Waals surface area contributed by atoms with Crippen LogP contribution < -0.4 is 0 Å². The molecule has 0 aromatic rings. The topological polar surface area (TPSA) is 112 Å². The van der Waals surface area contributed by atoms with E-state index in [4.69, 9.17) is 15.9 Å². The van der Waals surface area contributed by atoms with Gasteiger partial charge in [-0.25, -0.2) is 0 Å². The fraction of sp³-hybridized carbons (Fsp3) is 0.833. The zero-order chi connectivity index (χ0) is 13.5. The van der Waals surface area contributed by atoms with Crippen LogP contribution in [0.15, 0.2) is 0 Å². The summed E-state index contributed by atoms with van der Waals surface area (Å²) in [5, 5.41) is 20.0. The summed E-state index contributed by atoms with van der Waals surface area (Å²) in [7, 11) is 0. The summed E-state index contributed by atoms with van der Waals surface area (Å²) in [5.74, 6) is -1.85. The average molecular weight is 320 g/mol. The van der Waals surface area contributed by atoms with Crippen molar-refractivity contribution in [2.75, 3.05) is 6.54 Å². The number of piperidine rings is 1. The van der Waals surface area contributed by atoms with E-state index in [9.17, 15) is 9.59 Å². The molecule has 3 N–H and O–H groups in total. The Hall–Kier alpha value is -0.621. The molecule has 0 spiro atoms. The van der Waals surface area contributed by atoms with Crippen LogP contribution in [-0.4, -0.2) is 40.8 Å². The van der Waals surface area contributed by atoms with Gasteiger partial charge >= 0.3 is 29.0 Å². The van der Waals surface area contributed by atoms with Crippen LogP contribution in [-0.2, 0) is 26.7 Å². The molecule has 0 aromatic carbocycles. The maximum Gasteiger partial charge on any atom is 2.00 e. The zero-order valence-electron chi connectivity index (χ0n) is 10.6. The summed E-state index contributed by atoms with van der Waals surface area (Å²) in [6.07, 6.45) is 5.50. The van der Waals surface area contributed by atoms with E-state index in [-0.39, 0.29) is 23.1 Å². The molecule has 1 saturated heterocycles. The van der Waals surface area contributed by atoms with E-state index in [1.54, 1.807) is 0 Å². The van der Waals surface area contributed by atoms with Gasteiger partial charge in [-0.05, 0) is 0 Å². The Balaban J connectivity index is 0.000000360. The fourth-order valence-electron chi connectivity index (χ4n) is 2.58. The molecule has 1 aliphatic carbocycles. The van der Waals surface area contributed by atoms with Gasteiger partial charge in [0.25, 0.3) is 0 Å². The van der Waals surface area contributed by atoms with Crippen molar-refractivity contribution >= 4 is 11.9 Å². The molecular formula is C12H20CuN2O4. The van der Waals surface area contributed by atoms with Crippen molar-refractivity contribution in [1.82, 2.24) is 0 Å². The number of carboxylic acids is 2. The molecule has 6 nitrogen and oxygen atoms in total. The summed E-state index contributed by atoms with van der Waals surface area (Å²) in [6, 6.07) is 0.548. The number of nitrogens with one attached hydrogen (secondary N) is 1. The van der Waals surface area contributed by atoms with Crippen molar-refractivity contribution in [2.24, 2.45) is 5.92 Å². The number of fused-ring (bicyclic) bond motifs is 1.